The number of carbonyl (C=O) groups excluding carboxylic acids is 1. The van der Waals surface area contributed by atoms with Gasteiger partial charge >= 0.3 is 21.6 Å². The van der Waals surface area contributed by atoms with Crippen molar-refractivity contribution in [3.8, 4) is 5.75 Å². The molecule has 0 atom stereocenters. The summed E-state index contributed by atoms with van der Waals surface area (Å²) in [5.41, 5.74) is -4.88. The van der Waals surface area contributed by atoms with Gasteiger partial charge in [-0.3, -0.25) is 4.79 Å². The molecule has 0 saturated heterocycles. The molecule has 0 amide bonds. The summed E-state index contributed by atoms with van der Waals surface area (Å²) in [4.78, 5) is 11.0. The second-order valence-corrected chi connectivity index (χ2v) is 5.37. The van der Waals surface area contributed by atoms with E-state index in [2.05, 4.69) is 8.92 Å². The molecule has 0 heterocycles. The lowest BCUT2D eigenvalue weighted by Crippen LogP contribution is -2.28. The van der Waals surface area contributed by atoms with Crippen molar-refractivity contribution >= 4 is 16.1 Å². The molecule has 0 saturated carbocycles. The van der Waals surface area contributed by atoms with E-state index in [1.165, 1.54) is 26.2 Å². The molecule has 0 aromatic heterocycles. The van der Waals surface area contributed by atoms with Crippen molar-refractivity contribution in [3.63, 3.8) is 0 Å². The number of halogens is 3. The van der Waals surface area contributed by atoms with E-state index in [-0.39, 0.29) is 12.0 Å². The average Bonchev–Trinajstić information content (AvgIpc) is 2.31. The van der Waals surface area contributed by atoms with Gasteiger partial charge < -0.3 is 8.92 Å². The lowest BCUT2D eigenvalue weighted by molar-refractivity contribution is -0.139. The average molecular weight is 312 g/mol. The number of hydrogen-bond acceptors (Lipinski definition) is 5. The van der Waals surface area contributed by atoms with Gasteiger partial charge in [0.05, 0.1) is 13.5 Å². The van der Waals surface area contributed by atoms with Gasteiger partial charge in [-0.2, -0.15) is 21.6 Å². The molecule has 0 radical (unpaired) electrons. The molecule has 20 heavy (non-hydrogen) atoms. The Morgan fingerprint density at radius 2 is 1.90 bits per heavy atom. The van der Waals surface area contributed by atoms with Gasteiger partial charge in [-0.25, -0.2) is 0 Å². The summed E-state index contributed by atoms with van der Waals surface area (Å²) in [6, 6.07) is 3.68. The first-order chi connectivity index (χ1) is 9.06. The SMILES string of the molecule is COC(=O)Cc1ccc(OS(=O)(=O)C(F)(F)F)c(C)c1. The second-order valence-electron chi connectivity index (χ2n) is 3.84. The van der Waals surface area contributed by atoms with Crippen LogP contribution in [-0.4, -0.2) is 27.0 Å². The van der Waals surface area contributed by atoms with E-state index in [9.17, 15) is 26.4 Å². The molecule has 0 bridgehead atoms. The molecule has 0 N–H and O–H groups in total. The highest BCUT2D eigenvalue weighted by Gasteiger charge is 2.48. The Morgan fingerprint density at radius 1 is 1.30 bits per heavy atom. The fraction of sp³-hybridized carbons (Fsp3) is 0.364. The van der Waals surface area contributed by atoms with E-state index in [1.807, 2.05) is 0 Å². The lowest BCUT2D eigenvalue weighted by Gasteiger charge is -2.12. The summed E-state index contributed by atoms with van der Waals surface area (Å²) >= 11 is 0. The van der Waals surface area contributed by atoms with E-state index < -0.39 is 27.3 Å². The number of rotatable bonds is 4. The normalized spacial score (nSPS) is 12.1. The van der Waals surface area contributed by atoms with Crippen molar-refractivity contribution in [1.82, 2.24) is 0 Å². The first kappa shape index (κ1) is 16.3. The standard InChI is InChI=1S/C11H11F3O5S/c1-7-5-8(6-10(15)18-2)3-4-9(7)19-20(16,17)11(12,13)14/h3-5H,6H2,1-2H3. The van der Waals surface area contributed by atoms with Crippen LogP contribution in [0.2, 0.25) is 0 Å². The first-order valence-corrected chi connectivity index (χ1v) is 6.65. The fourth-order valence-electron chi connectivity index (χ4n) is 1.32. The molecule has 112 valence electrons. The molecule has 5 nitrogen and oxygen atoms in total. The van der Waals surface area contributed by atoms with Crippen molar-refractivity contribution in [1.29, 1.82) is 0 Å². The highest BCUT2D eigenvalue weighted by molar-refractivity contribution is 7.88. The number of methoxy groups -OCH3 is 1. The predicted octanol–water partition coefficient (Wildman–Crippen LogP) is 1.94. The Labute approximate surface area is 113 Å². The number of alkyl halides is 3. The molecule has 0 aliphatic carbocycles. The number of hydrogen-bond donors (Lipinski definition) is 0. The summed E-state index contributed by atoms with van der Waals surface area (Å²) < 4.78 is 66.7. The molecule has 0 fully saturated rings. The Bertz CT molecular complexity index is 607. The third-order valence-corrected chi connectivity index (χ3v) is 3.26. The van der Waals surface area contributed by atoms with Crippen LogP contribution < -0.4 is 4.18 Å². The van der Waals surface area contributed by atoms with E-state index in [0.717, 1.165) is 6.07 Å². The molecule has 1 aromatic rings. The van der Waals surface area contributed by atoms with Crippen molar-refractivity contribution < 1.29 is 35.3 Å². The van der Waals surface area contributed by atoms with Crippen LogP contribution in [0, 0.1) is 6.92 Å². The van der Waals surface area contributed by atoms with Gasteiger partial charge in [0, 0.05) is 0 Å². The maximum atomic E-state index is 12.2. The summed E-state index contributed by atoms with van der Waals surface area (Å²) in [5.74, 6) is -0.975. The van der Waals surface area contributed by atoms with Crippen molar-refractivity contribution in [2.45, 2.75) is 18.9 Å². The van der Waals surface area contributed by atoms with Gasteiger partial charge in [0.25, 0.3) is 0 Å². The number of ether oxygens (including phenoxy) is 1. The fourth-order valence-corrected chi connectivity index (χ4v) is 1.84. The molecule has 0 unspecified atom stereocenters. The molecule has 0 aliphatic rings. The third-order valence-electron chi connectivity index (χ3n) is 2.30. The van der Waals surface area contributed by atoms with Crippen LogP contribution in [0.1, 0.15) is 11.1 Å². The van der Waals surface area contributed by atoms with Crippen LogP contribution in [-0.2, 0) is 26.1 Å². The Hall–Kier alpha value is -1.77. The zero-order valence-electron chi connectivity index (χ0n) is 10.5. The van der Waals surface area contributed by atoms with E-state index >= 15 is 0 Å². The van der Waals surface area contributed by atoms with Gasteiger partial charge in [-0.05, 0) is 24.1 Å². The Kier molecular flexibility index (Phi) is 4.64. The van der Waals surface area contributed by atoms with Gasteiger partial charge in [0.15, 0.2) is 0 Å². The van der Waals surface area contributed by atoms with Gasteiger partial charge in [-0.15, -0.1) is 0 Å². The highest BCUT2D eigenvalue weighted by atomic mass is 32.2. The van der Waals surface area contributed by atoms with E-state index in [1.54, 1.807) is 0 Å². The number of esters is 1. The summed E-state index contributed by atoms with van der Waals surface area (Å²) in [6.07, 6.45) is -0.0797. The van der Waals surface area contributed by atoms with E-state index in [4.69, 9.17) is 0 Å². The van der Waals surface area contributed by atoms with Crippen LogP contribution >= 0.6 is 0 Å². The molecular weight excluding hydrogens is 301 g/mol. The van der Waals surface area contributed by atoms with Gasteiger partial charge in [-0.1, -0.05) is 12.1 Å². The van der Waals surface area contributed by atoms with Gasteiger partial charge in [0.1, 0.15) is 5.75 Å². The van der Waals surface area contributed by atoms with E-state index in [0.29, 0.717) is 5.56 Å². The maximum Gasteiger partial charge on any atom is 0.534 e. The van der Waals surface area contributed by atoms with Crippen molar-refractivity contribution in [2.75, 3.05) is 7.11 Å². The summed E-state index contributed by atoms with van der Waals surface area (Å²) in [7, 11) is -4.51. The maximum absolute atomic E-state index is 12.2. The summed E-state index contributed by atoms with van der Waals surface area (Å²) in [5, 5.41) is 0. The second kappa shape index (κ2) is 5.70. The quantitative estimate of drug-likeness (QED) is 0.483. The smallest absolute Gasteiger partial charge is 0.469 e. The van der Waals surface area contributed by atoms with Crippen molar-refractivity contribution in [3.05, 3.63) is 29.3 Å². The lowest BCUT2D eigenvalue weighted by atomic mass is 10.1. The summed E-state index contributed by atoms with van der Waals surface area (Å²) in [6.45, 7) is 1.36. The highest BCUT2D eigenvalue weighted by Crippen LogP contribution is 2.29. The predicted molar refractivity (Wildman–Crippen MR) is 62.5 cm³/mol. The third kappa shape index (κ3) is 3.86. The number of aryl methyl sites for hydroxylation is 1. The molecule has 0 aliphatic heterocycles. The topological polar surface area (TPSA) is 69.7 Å². The largest absolute Gasteiger partial charge is 0.534 e. The molecule has 0 spiro atoms. The number of carbonyl (C=O) groups is 1. The minimum atomic E-state index is -5.71. The number of benzene rings is 1. The minimum absolute atomic E-state index is 0.0797. The zero-order chi connectivity index (χ0) is 15.6. The molecule has 9 heteroatoms. The Morgan fingerprint density at radius 3 is 2.35 bits per heavy atom. The van der Waals surface area contributed by atoms with Gasteiger partial charge in [0.2, 0.25) is 0 Å². The van der Waals surface area contributed by atoms with Crippen LogP contribution in [0.5, 0.6) is 5.75 Å². The van der Waals surface area contributed by atoms with Crippen LogP contribution in [0.4, 0.5) is 13.2 Å². The van der Waals surface area contributed by atoms with Crippen molar-refractivity contribution in [2.24, 2.45) is 0 Å². The molecule has 1 rings (SSSR count). The molecular formula is C11H11F3O5S. The first-order valence-electron chi connectivity index (χ1n) is 5.24. The monoisotopic (exact) mass is 312 g/mol. The van der Waals surface area contributed by atoms with Crippen LogP contribution in [0.15, 0.2) is 18.2 Å². The minimum Gasteiger partial charge on any atom is -0.469 e. The Balaban J connectivity index is 2.98. The van der Waals surface area contributed by atoms with Crippen LogP contribution in [0.3, 0.4) is 0 Å². The zero-order valence-corrected chi connectivity index (χ0v) is 11.3. The molecule has 1 aromatic carbocycles. The van der Waals surface area contributed by atoms with Crippen LogP contribution in [0.25, 0.3) is 0 Å².